The summed E-state index contributed by atoms with van der Waals surface area (Å²) >= 11 is 1.79. The van der Waals surface area contributed by atoms with Crippen LogP contribution in [0.4, 0.5) is 11.4 Å². The number of ketones is 1. The fourth-order valence-corrected chi connectivity index (χ4v) is 8.08. The molecule has 0 atom stereocenters. The average molecular weight is 578 g/mol. The van der Waals surface area contributed by atoms with Crippen molar-refractivity contribution in [2.24, 2.45) is 0 Å². The van der Waals surface area contributed by atoms with Gasteiger partial charge < -0.3 is 4.90 Å². The van der Waals surface area contributed by atoms with E-state index in [1.807, 2.05) is 25.1 Å². The molecule has 0 saturated carbocycles. The van der Waals surface area contributed by atoms with Crippen LogP contribution in [0.15, 0.2) is 120 Å². The molecule has 7 rings (SSSR count). The van der Waals surface area contributed by atoms with Gasteiger partial charge in [0.05, 0.1) is 0 Å². The van der Waals surface area contributed by atoms with Crippen molar-refractivity contribution in [3.63, 3.8) is 0 Å². The van der Waals surface area contributed by atoms with Gasteiger partial charge in [-0.1, -0.05) is 86.7 Å². The molecule has 4 aromatic carbocycles. The van der Waals surface area contributed by atoms with Gasteiger partial charge in [0.1, 0.15) is 0 Å². The summed E-state index contributed by atoms with van der Waals surface area (Å²) in [7, 11) is 0. The molecule has 0 fully saturated rings. The van der Waals surface area contributed by atoms with Crippen LogP contribution in [0.5, 0.6) is 0 Å². The second-order valence-corrected chi connectivity index (χ2v) is 13.3. The molecule has 0 spiro atoms. The van der Waals surface area contributed by atoms with Gasteiger partial charge >= 0.3 is 0 Å². The zero-order valence-corrected chi connectivity index (χ0v) is 26.0. The number of carbonyl (C=O) groups is 1. The minimum atomic E-state index is -0.142. The lowest BCUT2D eigenvalue weighted by molar-refractivity contribution is 0.103. The van der Waals surface area contributed by atoms with E-state index in [0.717, 1.165) is 45.2 Å². The van der Waals surface area contributed by atoms with Gasteiger partial charge in [0.25, 0.3) is 0 Å². The number of hydrogen-bond acceptors (Lipinski definition) is 3. The molecule has 2 aliphatic rings. The van der Waals surface area contributed by atoms with E-state index < -0.39 is 0 Å². The highest BCUT2D eigenvalue weighted by molar-refractivity contribution is 7.16. The van der Waals surface area contributed by atoms with Crippen molar-refractivity contribution in [1.82, 2.24) is 0 Å². The number of carbonyl (C=O) groups excluding carboxylic acids is 1. The Labute approximate surface area is 258 Å². The number of thiophene rings is 1. The number of rotatable bonds is 6. The van der Waals surface area contributed by atoms with Gasteiger partial charge in [0, 0.05) is 37.8 Å². The smallest absolute Gasteiger partial charge is 0.189 e. The Kier molecular flexibility index (Phi) is 6.79. The highest BCUT2D eigenvalue weighted by Gasteiger charge is 2.38. The van der Waals surface area contributed by atoms with Gasteiger partial charge in [-0.05, 0) is 108 Å². The number of anilines is 2. The summed E-state index contributed by atoms with van der Waals surface area (Å²) in [6.07, 6.45) is 10.8. The SMILES string of the molecule is C/C(=C/c1cc2c(s1)-c1ccc(N(C3=CC=CCC3)c3ccccc3)cc1C2(C)C)C(=O)c1cccc2cccc(C)c12. The number of aryl methyl sites for hydroxylation is 1. The molecule has 2 aliphatic carbocycles. The van der Waals surface area contributed by atoms with Crippen LogP contribution < -0.4 is 4.90 Å². The molecular formula is C40H35NOS. The van der Waals surface area contributed by atoms with E-state index in [0.29, 0.717) is 0 Å². The van der Waals surface area contributed by atoms with E-state index in [1.54, 1.807) is 11.3 Å². The zero-order chi connectivity index (χ0) is 29.7. The van der Waals surface area contributed by atoms with E-state index in [2.05, 4.69) is 123 Å². The van der Waals surface area contributed by atoms with Crippen LogP contribution in [-0.4, -0.2) is 5.78 Å². The van der Waals surface area contributed by atoms with Crippen molar-refractivity contribution in [2.45, 2.75) is 46.0 Å². The maximum Gasteiger partial charge on any atom is 0.189 e. The summed E-state index contributed by atoms with van der Waals surface area (Å²) < 4.78 is 0. The molecule has 5 aromatic rings. The van der Waals surface area contributed by atoms with Gasteiger partial charge in [-0.2, -0.15) is 0 Å². The van der Waals surface area contributed by atoms with Crippen molar-refractivity contribution >= 4 is 45.3 Å². The third kappa shape index (κ3) is 4.69. The maximum atomic E-state index is 13.7. The molecule has 1 heterocycles. The van der Waals surface area contributed by atoms with Crippen molar-refractivity contribution < 1.29 is 4.79 Å². The van der Waals surface area contributed by atoms with Gasteiger partial charge in [-0.3, -0.25) is 4.79 Å². The van der Waals surface area contributed by atoms with E-state index in [1.165, 1.54) is 38.6 Å². The predicted molar refractivity (Wildman–Crippen MR) is 184 cm³/mol. The molecule has 0 saturated heterocycles. The van der Waals surface area contributed by atoms with E-state index in [4.69, 9.17) is 0 Å². The second kappa shape index (κ2) is 10.7. The van der Waals surface area contributed by atoms with Crippen LogP contribution in [0, 0.1) is 6.92 Å². The Morgan fingerprint density at radius 3 is 2.44 bits per heavy atom. The number of allylic oxidation sites excluding steroid dienone is 5. The van der Waals surface area contributed by atoms with Crippen molar-refractivity contribution in [3.8, 4) is 10.4 Å². The second-order valence-electron chi connectivity index (χ2n) is 12.2. The van der Waals surface area contributed by atoms with Gasteiger partial charge in [-0.25, -0.2) is 0 Å². The Balaban J connectivity index is 1.25. The summed E-state index contributed by atoms with van der Waals surface area (Å²) in [5.41, 5.74) is 10.2. The van der Waals surface area contributed by atoms with Crippen LogP contribution in [0.3, 0.4) is 0 Å². The molecule has 0 radical (unpaired) electrons. The number of Topliss-reactive ketones (excluding diaryl/α,β-unsaturated/α-hetero) is 1. The first-order valence-electron chi connectivity index (χ1n) is 15.0. The van der Waals surface area contributed by atoms with Crippen molar-refractivity contribution in [3.05, 3.63) is 148 Å². The number of nitrogens with zero attached hydrogens (tertiary/aromatic N) is 1. The fourth-order valence-electron chi connectivity index (χ4n) is 6.72. The Morgan fingerprint density at radius 1 is 0.884 bits per heavy atom. The molecule has 0 N–H and O–H groups in total. The standard InChI is InChI=1S/C40H35NOS/c1-26-13-11-14-28-15-12-20-34(37(26)28)38(42)27(2)23-32-25-36-39(43-32)33-22-21-31(24-35(33)40(36,3)4)41(29-16-7-5-8-17-29)30-18-9-6-10-19-30/h5-9,11-18,20-25H,10,19H2,1-4H3/b27-23-. The molecule has 0 unspecified atom stereocenters. The van der Waals surface area contributed by atoms with E-state index in [9.17, 15) is 4.79 Å². The summed E-state index contributed by atoms with van der Waals surface area (Å²) in [5.74, 6) is 0.0885. The van der Waals surface area contributed by atoms with Crippen LogP contribution in [0.2, 0.25) is 0 Å². The van der Waals surface area contributed by atoms with Crippen molar-refractivity contribution in [1.29, 1.82) is 0 Å². The lowest BCUT2D eigenvalue weighted by Gasteiger charge is -2.30. The molecule has 0 aliphatic heterocycles. The molecule has 43 heavy (non-hydrogen) atoms. The van der Waals surface area contributed by atoms with Crippen molar-refractivity contribution in [2.75, 3.05) is 4.90 Å². The summed E-state index contributed by atoms with van der Waals surface area (Å²) in [4.78, 5) is 18.5. The lowest BCUT2D eigenvalue weighted by atomic mass is 9.82. The lowest BCUT2D eigenvalue weighted by Crippen LogP contribution is -2.19. The van der Waals surface area contributed by atoms with Gasteiger partial charge in [-0.15, -0.1) is 11.3 Å². The normalized spacial score (nSPS) is 15.3. The molecule has 0 bridgehead atoms. The largest absolute Gasteiger partial charge is 0.314 e. The van der Waals surface area contributed by atoms with Crippen LogP contribution in [0.1, 0.15) is 65.5 Å². The minimum absolute atomic E-state index is 0.0885. The first-order chi connectivity index (χ1) is 20.8. The highest BCUT2D eigenvalue weighted by Crippen LogP contribution is 2.54. The third-order valence-electron chi connectivity index (χ3n) is 8.97. The van der Waals surface area contributed by atoms with E-state index >= 15 is 0 Å². The topological polar surface area (TPSA) is 20.3 Å². The quantitative estimate of drug-likeness (QED) is 0.148. The third-order valence-corrected chi connectivity index (χ3v) is 10.1. The van der Waals surface area contributed by atoms with Gasteiger partial charge in [0.15, 0.2) is 5.78 Å². The van der Waals surface area contributed by atoms with Crippen LogP contribution in [0.25, 0.3) is 27.3 Å². The number of para-hydroxylation sites is 1. The number of benzene rings is 4. The fraction of sp³-hybridized carbons (Fsp3) is 0.175. The predicted octanol–water partition coefficient (Wildman–Crippen LogP) is 11.2. The van der Waals surface area contributed by atoms with E-state index in [-0.39, 0.29) is 11.2 Å². The zero-order valence-electron chi connectivity index (χ0n) is 25.1. The van der Waals surface area contributed by atoms with Gasteiger partial charge in [0.2, 0.25) is 0 Å². The minimum Gasteiger partial charge on any atom is -0.314 e. The summed E-state index contributed by atoms with van der Waals surface area (Å²) in [6.45, 7) is 8.68. The Hall–Kier alpha value is -4.47. The maximum absolute atomic E-state index is 13.7. The molecular weight excluding hydrogens is 543 g/mol. The highest BCUT2D eigenvalue weighted by atomic mass is 32.1. The monoisotopic (exact) mass is 577 g/mol. The first kappa shape index (κ1) is 27.4. The van der Waals surface area contributed by atoms with Crippen LogP contribution in [-0.2, 0) is 5.41 Å². The number of hydrogen-bond donors (Lipinski definition) is 0. The average Bonchev–Trinajstić information content (AvgIpc) is 3.54. The molecule has 2 nitrogen and oxygen atoms in total. The molecule has 3 heteroatoms. The molecule has 0 amide bonds. The summed E-state index contributed by atoms with van der Waals surface area (Å²) in [5, 5.41) is 2.15. The Bertz CT molecular complexity index is 1980. The molecule has 212 valence electrons. The number of fused-ring (bicyclic) bond motifs is 4. The summed E-state index contributed by atoms with van der Waals surface area (Å²) in [6, 6.07) is 32.2. The molecule has 1 aromatic heterocycles. The Morgan fingerprint density at radius 2 is 1.67 bits per heavy atom. The first-order valence-corrected chi connectivity index (χ1v) is 15.9. The van der Waals surface area contributed by atoms with Crippen LogP contribution >= 0.6 is 11.3 Å².